The van der Waals surface area contributed by atoms with Gasteiger partial charge in [-0.2, -0.15) is 17.9 Å². The second kappa shape index (κ2) is 5.67. The third-order valence-corrected chi connectivity index (χ3v) is 2.22. The molecule has 0 aromatic carbocycles. The number of likely N-dealkylation sites (N-methyl/N-ethyl adjacent to an activating group) is 1. The molecule has 1 aromatic rings. The van der Waals surface area contributed by atoms with E-state index >= 15 is 0 Å². The average molecular weight is 280 g/mol. The smallest absolute Gasteiger partial charge is 0.358 e. The largest absolute Gasteiger partial charge is 0.406 e. The molecule has 1 rings (SSSR count). The first-order chi connectivity index (χ1) is 8.73. The molecule has 1 aromatic heterocycles. The standard InChI is InChI=1S/C9H11F3N4O3/c1-2-14(6-9(10,11)12)8(17)5-15-4-3-7(13-15)16(18)19/h3-4H,2,5-6H2,1H3. The number of nitrogens with zero attached hydrogens (tertiary/aromatic N) is 4. The lowest BCUT2D eigenvalue weighted by molar-refractivity contribution is -0.389. The van der Waals surface area contributed by atoms with Gasteiger partial charge < -0.3 is 15.0 Å². The molecule has 19 heavy (non-hydrogen) atoms. The van der Waals surface area contributed by atoms with Crippen molar-refractivity contribution in [1.29, 1.82) is 0 Å². The summed E-state index contributed by atoms with van der Waals surface area (Å²) in [6.45, 7) is -0.527. The Labute approximate surface area is 105 Å². The molecule has 0 saturated heterocycles. The zero-order chi connectivity index (χ0) is 14.6. The topological polar surface area (TPSA) is 81.3 Å². The Morgan fingerprint density at radius 1 is 1.58 bits per heavy atom. The van der Waals surface area contributed by atoms with Gasteiger partial charge in [-0.25, -0.2) is 0 Å². The normalized spacial score (nSPS) is 11.4. The molecule has 0 unspecified atom stereocenters. The predicted octanol–water partition coefficient (Wildman–Crippen LogP) is 1.20. The van der Waals surface area contributed by atoms with E-state index in [1.807, 2.05) is 0 Å². The average Bonchev–Trinajstić information content (AvgIpc) is 2.73. The highest BCUT2D eigenvalue weighted by Crippen LogP contribution is 2.16. The zero-order valence-corrected chi connectivity index (χ0v) is 9.92. The Morgan fingerprint density at radius 2 is 2.21 bits per heavy atom. The van der Waals surface area contributed by atoms with Crippen LogP contribution in [0.15, 0.2) is 12.3 Å². The maximum atomic E-state index is 12.2. The van der Waals surface area contributed by atoms with E-state index in [-0.39, 0.29) is 6.54 Å². The van der Waals surface area contributed by atoms with E-state index in [1.165, 1.54) is 6.92 Å². The fraction of sp³-hybridized carbons (Fsp3) is 0.556. The third-order valence-electron chi connectivity index (χ3n) is 2.22. The van der Waals surface area contributed by atoms with E-state index in [9.17, 15) is 28.1 Å². The summed E-state index contributed by atoms with van der Waals surface area (Å²) in [6.07, 6.45) is -3.32. The third kappa shape index (κ3) is 4.56. The van der Waals surface area contributed by atoms with Crippen LogP contribution in [0.5, 0.6) is 0 Å². The lowest BCUT2D eigenvalue weighted by Gasteiger charge is -2.21. The number of carbonyl (C=O) groups excluding carboxylic acids is 1. The Hall–Kier alpha value is -2.13. The molecular weight excluding hydrogens is 269 g/mol. The van der Waals surface area contributed by atoms with Crippen molar-refractivity contribution in [3.63, 3.8) is 0 Å². The SMILES string of the molecule is CCN(CC(F)(F)F)C(=O)Cn1ccc([N+](=O)[O-])n1. The lowest BCUT2D eigenvalue weighted by atomic mass is 10.4. The van der Waals surface area contributed by atoms with Crippen LogP contribution in [0.3, 0.4) is 0 Å². The van der Waals surface area contributed by atoms with Crippen LogP contribution in [0, 0.1) is 10.1 Å². The molecule has 7 nitrogen and oxygen atoms in total. The molecule has 106 valence electrons. The molecule has 0 atom stereocenters. The van der Waals surface area contributed by atoms with Gasteiger partial charge in [0.15, 0.2) is 0 Å². The predicted molar refractivity (Wildman–Crippen MR) is 57.2 cm³/mol. The number of hydrogen-bond acceptors (Lipinski definition) is 4. The quantitative estimate of drug-likeness (QED) is 0.599. The van der Waals surface area contributed by atoms with Crippen molar-refractivity contribution in [3.05, 3.63) is 22.4 Å². The molecule has 0 radical (unpaired) electrons. The molecule has 0 saturated carbocycles. The number of nitro groups is 1. The Bertz CT molecular complexity index is 472. The minimum absolute atomic E-state index is 0.109. The van der Waals surface area contributed by atoms with E-state index in [2.05, 4.69) is 5.10 Å². The van der Waals surface area contributed by atoms with Crippen molar-refractivity contribution < 1.29 is 22.9 Å². The van der Waals surface area contributed by atoms with Crippen molar-refractivity contribution >= 4 is 11.7 Å². The van der Waals surface area contributed by atoms with Crippen LogP contribution in [-0.2, 0) is 11.3 Å². The summed E-state index contributed by atoms with van der Waals surface area (Å²) in [5.74, 6) is -1.27. The first kappa shape index (κ1) is 14.9. The van der Waals surface area contributed by atoms with Crippen LogP contribution in [0.4, 0.5) is 19.0 Å². The monoisotopic (exact) mass is 280 g/mol. The highest BCUT2D eigenvalue weighted by atomic mass is 19.4. The summed E-state index contributed by atoms with van der Waals surface area (Å²) in [7, 11) is 0. The Balaban J connectivity index is 2.68. The van der Waals surface area contributed by atoms with Crippen LogP contribution in [0.2, 0.25) is 0 Å². The number of alkyl halides is 3. The molecule has 0 N–H and O–H groups in total. The van der Waals surface area contributed by atoms with Gasteiger partial charge in [0.25, 0.3) is 0 Å². The summed E-state index contributed by atoms with van der Waals surface area (Å²) in [5, 5.41) is 13.8. The van der Waals surface area contributed by atoms with Gasteiger partial charge in [0, 0.05) is 6.54 Å². The number of halogens is 3. The maximum Gasteiger partial charge on any atom is 0.406 e. The van der Waals surface area contributed by atoms with E-state index in [0.29, 0.717) is 4.90 Å². The van der Waals surface area contributed by atoms with Gasteiger partial charge in [0.05, 0.1) is 17.4 Å². The van der Waals surface area contributed by atoms with Crippen LogP contribution in [0.1, 0.15) is 6.92 Å². The van der Waals surface area contributed by atoms with Crippen molar-refractivity contribution in [3.8, 4) is 0 Å². The van der Waals surface area contributed by atoms with Gasteiger partial charge >= 0.3 is 12.0 Å². The molecule has 0 bridgehead atoms. The number of rotatable bonds is 5. The summed E-state index contributed by atoms with van der Waals surface area (Å²) in [6, 6.07) is 1.06. The Kier molecular flexibility index (Phi) is 4.46. The Morgan fingerprint density at radius 3 is 2.63 bits per heavy atom. The van der Waals surface area contributed by atoms with Crippen molar-refractivity contribution in [1.82, 2.24) is 14.7 Å². The summed E-state index contributed by atoms with van der Waals surface area (Å²) >= 11 is 0. The van der Waals surface area contributed by atoms with E-state index in [1.54, 1.807) is 0 Å². The van der Waals surface area contributed by atoms with Crippen molar-refractivity contribution in [2.45, 2.75) is 19.6 Å². The zero-order valence-electron chi connectivity index (χ0n) is 9.92. The second-order valence-electron chi connectivity index (χ2n) is 3.65. The molecule has 1 heterocycles. The van der Waals surface area contributed by atoms with E-state index in [0.717, 1.165) is 16.9 Å². The molecule has 1 amide bonds. The molecular formula is C9H11F3N4O3. The van der Waals surface area contributed by atoms with E-state index in [4.69, 9.17) is 0 Å². The van der Waals surface area contributed by atoms with Gasteiger partial charge in [0.2, 0.25) is 5.91 Å². The van der Waals surface area contributed by atoms with Crippen LogP contribution in [-0.4, -0.2) is 44.8 Å². The molecule has 0 aliphatic rings. The van der Waals surface area contributed by atoms with Crippen LogP contribution >= 0.6 is 0 Å². The molecule has 0 fully saturated rings. The number of carbonyl (C=O) groups is 1. The lowest BCUT2D eigenvalue weighted by Crippen LogP contribution is -2.40. The van der Waals surface area contributed by atoms with Gasteiger partial charge in [-0.15, -0.1) is 0 Å². The van der Waals surface area contributed by atoms with E-state index < -0.39 is 35.9 Å². The van der Waals surface area contributed by atoms with Gasteiger partial charge in [-0.3, -0.25) is 4.79 Å². The minimum Gasteiger partial charge on any atom is -0.358 e. The molecule has 0 aliphatic carbocycles. The fourth-order valence-electron chi connectivity index (χ4n) is 1.37. The second-order valence-corrected chi connectivity index (χ2v) is 3.65. The van der Waals surface area contributed by atoms with Gasteiger partial charge in [0.1, 0.15) is 13.1 Å². The first-order valence-corrected chi connectivity index (χ1v) is 5.25. The summed E-state index contributed by atoms with van der Waals surface area (Å²) in [5.41, 5.74) is 0. The molecule has 0 spiro atoms. The number of hydrogen-bond donors (Lipinski definition) is 0. The van der Waals surface area contributed by atoms with Crippen LogP contribution in [0.25, 0.3) is 0 Å². The van der Waals surface area contributed by atoms with Crippen LogP contribution < -0.4 is 0 Å². The number of amides is 1. The summed E-state index contributed by atoms with van der Waals surface area (Å²) < 4.78 is 37.5. The molecule has 0 aliphatic heterocycles. The highest BCUT2D eigenvalue weighted by Gasteiger charge is 2.32. The first-order valence-electron chi connectivity index (χ1n) is 5.25. The maximum absolute atomic E-state index is 12.2. The van der Waals surface area contributed by atoms with Gasteiger partial charge in [-0.1, -0.05) is 0 Å². The minimum atomic E-state index is -4.48. The van der Waals surface area contributed by atoms with Crippen molar-refractivity contribution in [2.24, 2.45) is 0 Å². The summed E-state index contributed by atoms with van der Waals surface area (Å²) in [4.78, 5) is 21.8. The fourth-order valence-corrected chi connectivity index (χ4v) is 1.37. The molecule has 10 heteroatoms. The highest BCUT2D eigenvalue weighted by molar-refractivity contribution is 5.75. The van der Waals surface area contributed by atoms with Gasteiger partial charge in [-0.05, 0) is 11.8 Å². The van der Waals surface area contributed by atoms with Crippen molar-refractivity contribution in [2.75, 3.05) is 13.1 Å². The number of aromatic nitrogens is 2.